The summed E-state index contributed by atoms with van der Waals surface area (Å²) in [6, 6.07) is 3.00. The first-order valence-electron chi connectivity index (χ1n) is 6.98. The minimum absolute atomic E-state index is 0.297. The summed E-state index contributed by atoms with van der Waals surface area (Å²) in [5.41, 5.74) is -4.73. The number of fused-ring (bicyclic) bond motifs is 1. The molecule has 1 aliphatic heterocycles. The van der Waals surface area contributed by atoms with Crippen molar-refractivity contribution in [2.45, 2.75) is 51.1 Å². The molecule has 0 aromatic heterocycles. The Kier molecular flexibility index (Phi) is 4.01. The van der Waals surface area contributed by atoms with Gasteiger partial charge >= 0.3 is 15.6 Å². The zero-order chi connectivity index (χ0) is 17.8. The van der Waals surface area contributed by atoms with Gasteiger partial charge in [-0.3, -0.25) is 0 Å². The van der Waals surface area contributed by atoms with Crippen molar-refractivity contribution in [1.82, 2.24) is 0 Å². The van der Waals surface area contributed by atoms with E-state index < -0.39 is 26.6 Å². The van der Waals surface area contributed by atoms with E-state index in [1.54, 1.807) is 6.07 Å². The van der Waals surface area contributed by atoms with Crippen LogP contribution in [0.2, 0.25) is 0 Å². The molecule has 0 bridgehead atoms. The molecule has 1 heterocycles. The molecule has 0 atom stereocenters. The molecule has 4 nitrogen and oxygen atoms in total. The Morgan fingerprint density at radius 3 is 2.22 bits per heavy atom. The van der Waals surface area contributed by atoms with Crippen molar-refractivity contribution in [1.29, 1.82) is 0 Å². The van der Waals surface area contributed by atoms with Gasteiger partial charge in [0.2, 0.25) is 0 Å². The fourth-order valence-corrected chi connectivity index (χ4v) is 3.03. The second-order valence-electron chi connectivity index (χ2n) is 6.83. The second kappa shape index (κ2) is 5.11. The van der Waals surface area contributed by atoms with Gasteiger partial charge in [0.05, 0.1) is 12.2 Å². The summed E-state index contributed by atoms with van der Waals surface area (Å²) in [6.07, 6.45) is 0. The fourth-order valence-electron chi connectivity index (χ4n) is 2.52. The molecular formula is C15H19F3O4S. The maximum atomic E-state index is 12.5. The Morgan fingerprint density at radius 2 is 1.70 bits per heavy atom. The largest absolute Gasteiger partial charge is 0.534 e. The lowest BCUT2D eigenvalue weighted by Crippen LogP contribution is -2.40. The lowest BCUT2D eigenvalue weighted by molar-refractivity contribution is -0.0589. The summed E-state index contributed by atoms with van der Waals surface area (Å²) in [4.78, 5) is 0. The number of hydrogen-bond donors (Lipinski definition) is 0. The summed E-state index contributed by atoms with van der Waals surface area (Å²) in [5, 5.41) is 0. The quantitative estimate of drug-likeness (QED) is 0.601. The van der Waals surface area contributed by atoms with Crippen LogP contribution < -0.4 is 4.18 Å². The molecule has 2 rings (SSSR count). The van der Waals surface area contributed by atoms with Crippen LogP contribution in [0, 0.1) is 6.92 Å². The number of ether oxygens (including phenoxy) is 1. The van der Waals surface area contributed by atoms with Crippen molar-refractivity contribution in [2.24, 2.45) is 0 Å². The molecular weight excluding hydrogens is 333 g/mol. The Balaban J connectivity index is 2.59. The molecule has 23 heavy (non-hydrogen) atoms. The van der Waals surface area contributed by atoms with Crippen molar-refractivity contribution >= 4 is 10.1 Å². The standard InChI is InChI=1S/C15H19F3O4S/c1-9-6-11-10(13(2,3)8-21-14(11,4)5)7-12(9)22-23(19,20)15(16,17)18/h6-7H,8H2,1-5H3. The summed E-state index contributed by atoms with van der Waals surface area (Å²) in [5.74, 6) is -0.313. The van der Waals surface area contributed by atoms with Gasteiger partial charge in [-0.2, -0.15) is 21.6 Å². The van der Waals surface area contributed by atoms with Gasteiger partial charge in [0.1, 0.15) is 5.75 Å². The molecule has 0 spiro atoms. The molecule has 1 aromatic carbocycles. The van der Waals surface area contributed by atoms with Crippen LogP contribution in [-0.2, 0) is 25.9 Å². The smallest absolute Gasteiger partial charge is 0.376 e. The zero-order valence-electron chi connectivity index (χ0n) is 13.5. The maximum Gasteiger partial charge on any atom is 0.534 e. The molecule has 0 aliphatic carbocycles. The number of halogens is 3. The van der Waals surface area contributed by atoms with Gasteiger partial charge in [0.15, 0.2) is 0 Å². The summed E-state index contributed by atoms with van der Waals surface area (Å²) >= 11 is 0. The molecule has 130 valence electrons. The van der Waals surface area contributed by atoms with E-state index in [0.717, 1.165) is 5.56 Å². The Morgan fingerprint density at radius 1 is 1.13 bits per heavy atom. The lowest BCUT2D eigenvalue weighted by Gasteiger charge is -2.42. The second-order valence-corrected chi connectivity index (χ2v) is 8.37. The summed E-state index contributed by atoms with van der Waals surface area (Å²) in [7, 11) is -5.70. The Bertz CT molecular complexity index is 734. The lowest BCUT2D eigenvalue weighted by atomic mass is 9.75. The number of alkyl halides is 3. The Hall–Kier alpha value is -1.28. The molecule has 0 fully saturated rings. The molecule has 1 aliphatic rings. The molecule has 8 heteroatoms. The topological polar surface area (TPSA) is 52.6 Å². The van der Waals surface area contributed by atoms with E-state index in [2.05, 4.69) is 4.18 Å². The van der Waals surface area contributed by atoms with Gasteiger partial charge < -0.3 is 8.92 Å². The molecule has 0 saturated carbocycles. The third-order valence-electron chi connectivity index (χ3n) is 3.97. The maximum absolute atomic E-state index is 12.5. The van der Waals surface area contributed by atoms with Crippen molar-refractivity contribution in [3.63, 3.8) is 0 Å². The average Bonchev–Trinajstić information content (AvgIpc) is 2.35. The van der Waals surface area contributed by atoms with Crippen LogP contribution in [0.1, 0.15) is 44.4 Å². The van der Waals surface area contributed by atoms with Crippen molar-refractivity contribution < 1.29 is 30.5 Å². The monoisotopic (exact) mass is 352 g/mol. The van der Waals surface area contributed by atoms with E-state index in [4.69, 9.17) is 4.74 Å². The first-order chi connectivity index (χ1) is 10.2. The highest BCUT2D eigenvalue weighted by atomic mass is 32.2. The van der Waals surface area contributed by atoms with E-state index in [1.165, 1.54) is 13.0 Å². The van der Waals surface area contributed by atoms with Crippen LogP contribution in [0.5, 0.6) is 5.75 Å². The normalized spacial score (nSPS) is 20.0. The molecule has 0 amide bonds. The highest BCUT2D eigenvalue weighted by Crippen LogP contribution is 2.44. The third-order valence-corrected chi connectivity index (χ3v) is 4.94. The van der Waals surface area contributed by atoms with Crippen LogP contribution in [-0.4, -0.2) is 20.5 Å². The van der Waals surface area contributed by atoms with Crippen LogP contribution in [0.3, 0.4) is 0 Å². The van der Waals surface area contributed by atoms with Crippen molar-refractivity contribution in [3.8, 4) is 5.75 Å². The van der Waals surface area contributed by atoms with Crippen LogP contribution >= 0.6 is 0 Å². The van der Waals surface area contributed by atoms with Gasteiger partial charge in [-0.25, -0.2) is 0 Å². The van der Waals surface area contributed by atoms with E-state index in [-0.39, 0.29) is 5.75 Å². The SMILES string of the molecule is Cc1cc2c(cc1OS(=O)(=O)C(F)(F)F)C(C)(C)COC2(C)C. The molecule has 1 aromatic rings. The van der Waals surface area contributed by atoms with Gasteiger partial charge in [0.25, 0.3) is 0 Å². The molecule has 0 saturated heterocycles. The molecule has 0 unspecified atom stereocenters. The summed E-state index contributed by atoms with van der Waals surface area (Å²) in [6.45, 7) is 9.32. The van der Waals surface area contributed by atoms with Crippen LogP contribution in [0.4, 0.5) is 13.2 Å². The number of aryl methyl sites for hydroxylation is 1. The highest BCUT2D eigenvalue weighted by Gasteiger charge is 2.49. The van der Waals surface area contributed by atoms with Gasteiger partial charge in [0, 0.05) is 5.41 Å². The zero-order valence-corrected chi connectivity index (χ0v) is 14.4. The van der Waals surface area contributed by atoms with E-state index in [9.17, 15) is 21.6 Å². The van der Waals surface area contributed by atoms with Gasteiger partial charge in [-0.1, -0.05) is 13.8 Å². The highest BCUT2D eigenvalue weighted by molar-refractivity contribution is 7.88. The first kappa shape index (κ1) is 18.1. The van der Waals surface area contributed by atoms with Gasteiger partial charge in [-0.15, -0.1) is 0 Å². The van der Waals surface area contributed by atoms with Crippen LogP contribution in [0.25, 0.3) is 0 Å². The fraction of sp³-hybridized carbons (Fsp3) is 0.600. The van der Waals surface area contributed by atoms with Crippen molar-refractivity contribution in [3.05, 3.63) is 28.8 Å². The van der Waals surface area contributed by atoms with Crippen LogP contribution in [0.15, 0.2) is 12.1 Å². The molecule has 0 radical (unpaired) electrons. The predicted molar refractivity (Wildman–Crippen MR) is 78.8 cm³/mol. The number of benzene rings is 1. The van der Waals surface area contributed by atoms with E-state index in [1.807, 2.05) is 27.7 Å². The minimum atomic E-state index is -5.70. The average molecular weight is 352 g/mol. The van der Waals surface area contributed by atoms with E-state index in [0.29, 0.717) is 17.7 Å². The number of hydrogen-bond acceptors (Lipinski definition) is 4. The third kappa shape index (κ3) is 3.19. The van der Waals surface area contributed by atoms with E-state index >= 15 is 0 Å². The Labute approximate surface area is 133 Å². The first-order valence-corrected chi connectivity index (χ1v) is 8.38. The summed E-state index contributed by atoms with van der Waals surface area (Å²) < 4.78 is 70.3. The number of rotatable bonds is 2. The minimum Gasteiger partial charge on any atom is -0.376 e. The molecule has 0 N–H and O–H groups in total. The van der Waals surface area contributed by atoms with Gasteiger partial charge in [-0.05, 0) is 49.6 Å². The predicted octanol–water partition coefficient (Wildman–Crippen LogP) is 3.77. The van der Waals surface area contributed by atoms with Crippen molar-refractivity contribution in [2.75, 3.05) is 6.61 Å².